The van der Waals surface area contributed by atoms with Gasteiger partial charge in [-0.05, 0) is 30.2 Å². The number of aliphatic hydroxyl groups is 1. The zero-order chi connectivity index (χ0) is 18.2. The van der Waals surface area contributed by atoms with Gasteiger partial charge in [-0.1, -0.05) is 48.5 Å². The molecule has 1 heterocycles. The summed E-state index contributed by atoms with van der Waals surface area (Å²) in [5.41, 5.74) is 2.77. The number of nitrogens with one attached hydrogen (secondary N) is 1. The largest absolute Gasteiger partial charge is 0.396 e. The first-order valence-corrected chi connectivity index (χ1v) is 8.51. The molecule has 0 fully saturated rings. The third-order valence-corrected chi connectivity index (χ3v) is 3.99. The minimum absolute atomic E-state index is 0.00734. The van der Waals surface area contributed by atoms with Gasteiger partial charge in [0.2, 0.25) is 5.91 Å². The van der Waals surface area contributed by atoms with E-state index in [9.17, 15) is 9.90 Å². The summed E-state index contributed by atoms with van der Waals surface area (Å²) in [6, 6.07) is 19.2. The molecule has 132 valence electrons. The molecule has 0 spiro atoms. The summed E-state index contributed by atoms with van der Waals surface area (Å²) >= 11 is 0. The highest BCUT2D eigenvalue weighted by Gasteiger charge is 2.12. The molecule has 3 aromatic rings. The molecule has 0 bridgehead atoms. The van der Waals surface area contributed by atoms with Crippen molar-refractivity contribution in [2.24, 2.45) is 0 Å². The predicted octanol–water partition coefficient (Wildman–Crippen LogP) is 3.13. The Hall–Kier alpha value is -3.18. The van der Waals surface area contributed by atoms with E-state index in [1.807, 2.05) is 66.9 Å². The van der Waals surface area contributed by atoms with E-state index in [0.29, 0.717) is 6.42 Å². The maximum atomic E-state index is 12.2. The number of aromatic nitrogens is 2. The van der Waals surface area contributed by atoms with E-state index < -0.39 is 0 Å². The quantitative estimate of drug-likeness (QED) is 0.645. The van der Waals surface area contributed by atoms with Crippen LogP contribution in [-0.2, 0) is 4.79 Å². The molecular formula is C21H21N3O2. The highest BCUT2D eigenvalue weighted by Crippen LogP contribution is 2.16. The van der Waals surface area contributed by atoms with Crippen molar-refractivity contribution in [3.8, 4) is 5.69 Å². The van der Waals surface area contributed by atoms with Crippen LogP contribution in [-0.4, -0.2) is 27.4 Å². The highest BCUT2D eigenvalue weighted by atomic mass is 16.3. The lowest BCUT2D eigenvalue weighted by atomic mass is 10.0. The van der Waals surface area contributed by atoms with Gasteiger partial charge >= 0.3 is 0 Å². The fraction of sp³-hybridized carbons (Fsp3) is 0.143. The van der Waals surface area contributed by atoms with Gasteiger partial charge in [-0.3, -0.25) is 4.79 Å². The van der Waals surface area contributed by atoms with Crippen molar-refractivity contribution in [3.63, 3.8) is 0 Å². The molecule has 3 rings (SSSR count). The molecule has 1 atom stereocenters. The van der Waals surface area contributed by atoms with Gasteiger partial charge in [0.1, 0.15) is 0 Å². The van der Waals surface area contributed by atoms with Gasteiger partial charge in [0.15, 0.2) is 0 Å². The summed E-state index contributed by atoms with van der Waals surface area (Å²) in [6.45, 7) is 0.00734. The fourth-order valence-corrected chi connectivity index (χ4v) is 2.67. The van der Waals surface area contributed by atoms with Gasteiger partial charge in [-0.2, -0.15) is 5.10 Å². The number of aliphatic hydroxyl groups excluding tert-OH is 1. The zero-order valence-electron chi connectivity index (χ0n) is 14.3. The molecule has 2 N–H and O–H groups in total. The number of nitrogens with zero attached hydrogens (tertiary/aromatic N) is 2. The van der Waals surface area contributed by atoms with Crippen LogP contribution in [0.2, 0.25) is 0 Å². The van der Waals surface area contributed by atoms with Crippen molar-refractivity contribution in [1.29, 1.82) is 0 Å². The van der Waals surface area contributed by atoms with Crippen LogP contribution in [0.3, 0.4) is 0 Å². The topological polar surface area (TPSA) is 67.2 Å². The third kappa shape index (κ3) is 4.68. The number of amides is 1. The lowest BCUT2D eigenvalue weighted by Crippen LogP contribution is -2.27. The smallest absolute Gasteiger partial charge is 0.244 e. The minimum atomic E-state index is -0.217. The van der Waals surface area contributed by atoms with Crippen molar-refractivity contribution in [1.82, 2.24) is 15.1 Å². The van der Waals surface area contributed by atoms with E-state index in [2.05, 4.69) is 10.4 Å². The van der Waals surface area contributed by atoms with Crippen LogP contribution < -0.4 is 5.32 Å². The van der Waals surface area contributed by atoms with Crippen LogP contribution in [0.25, 0.3) is 11.8 Å². The average molecular weight is 347 g/mol. The van der Waals surface area contributed by atoms with E-state index in [1.165, 1.54) is 6.08 Å². The standard InChI is InChI=1S/C21H21N3O2/c25-14-13-20(18-7-3-1-4-8-18)23-21(26)12-11-17-15-22-24(16-17)19-9-5-2-6-10-19/h1-12,15-16,20,25H,13-14H2,(H,23,26)/b12-11+. The first-order chi connectivity index (χ1) is 12.8. The van der Waals surface area contributed by atoms with Crippen LogP contribution in [0.4, 0.5) is 0 Å². The summed E-state index contributed by atoms with van der Waals surface area (Å²) < 4.78 is 1.76. The van der Waals surface area contributed by atoms with Crippen molar-refractivity contribution >= 4 is 12.0 Å². The molecular weight excluding hydrogens is 326 g/mol. The number of hydrogen-bond donors (Lipinski definition) is 2. The molecule has 1 unspecified atom stereocenters. The number of carbonyl (C=O) groups excluding carboxylic acids is 1. The Kier molecular flexibility index (Phi) is 5.96. The van der Waals surface area contributed by atoms with Crippen LogP contribution in [0, 0.1) is 0 Å². The maximum Gasteiger partial charge on any atom is 0.244 e. The molecule has 0 saturated heterocycles. The van der Waals surface area contributed by atoms with Crippen molar-refractivity contribution < 1.29 is 9.90 Å². The molecule has 0 aliphatic carbocycles. The minimum Gasteiger partial charge on any atom is -0.396 e. The molecule has 0 aliphatic rings. The molecule has 26 heavy (non-hydrogen) atoms. The fourth-order valence-electron chi connectivity index (χ4n) is 2.67. The van der Waals surface area contributed by atoms with E-state index >= 15 is 0 Å². The number of para-hydroxylation sites is 1. The van der Waals surface area contributed by atoms with Gasteiger partial charge < -0.3 is 10.4 Å². The van der Waals surface area contributed by atoms with Crippen LogP contribution in [0.15, 0.2) is 79.1 Å². The van der Waals surface area contributed by atoms with Crippen molar-refractivity contribution in [3.05, 3.63) is 90.3 Å². The third-order valence-electron chi connectivity index (χ3n) is 3.99. The summed E-state index contributed by atoms with van der Waals surface area (Å²) in [5, 5.41) is 16.5. The van der Waals surface area contributed by atoms with Gasteiger partial charge in [-0.25, -0.2) is 4.68 Å². The second-order valence-electron chi connectivity index (χ2n) is 5.87. The van der Waals surface area contributed by atoms with Crippen molar-refractivity contribution in [2.45, 2.75) is 12.5 Å². The number of hydrogen-bond acceptors (Lipinski definition) is 3. The molecule has 0 saturated carbocycles. The van der Waals surface area contributed by atoms with Gasteiger partial charge in [0, 0.05) is 24.4 Å². The van der Waals surface area contributed by atoms with E-state index in [4.69, 9.17) is 0 Å². The summed E-state index contributed by atoms with van der Waals surface area (Å²) in [4.78, 5) is 12.2. The Morgan fingerprint density at radius 3 is 2.50 bits per heavy atom. The summed E-state index contributed by atoms with van der Waals surface area (Å²) in [7, 11) is 0. The lowest BCUT2D eigenvalue weighted by Gasteiger charge is -2.17. The Bertz CT molecular complexity index is 857. The molecule has 0 aliphatic heterocycles. The molecule has 1 aromatic heterocycles. The van der Waals surface area contributed by atoms with Gasteiger partial charge in [0.05, 0.1) is 17.9 Å². The number of rotatable bonds is 7. The molecule has 5 heteroatoms. The zero-order valence-corrected chi connectivity index (χ0v) is 14.3. The number of carbonyl (C=O) groups is 1. The van der Waals surface area contributed by atoms with E-state index in [-0.39, 0.29) is 18.6 Å². The second-order valence-corrected chi connectivity index (χ2v) is 5.87. The Morgan fingerprint density at radius 1 is 1.12 bits per heavy atom. The summed E-state index contributed by atoms with van der Waals surface area (Å²) in [6.07, 6.45) is 7.25. The highest BCUT2D eigenvalue weighted by molar-refractivity contribution is 5.91. The predicted molar refractivity (Wildman–Crippen MR) is 102 cm³/mol. The first-order valence-electron chi connectivity index (χ1n) is 8.51. The lowest BCUT2D eigenvalue weighted by molar-refractivity contribution is -0.117. The first kappa shape index (κ1) is 17.6. The molecule has 1 amide bonds. The SMILES string of the molecule is O=C(/C=C/c1cnn(-c2ccccc2)c1)NC(CCO)c1ccccc1. The summed E-state index contributed by atoms with van der Waals surface area (Å²) in [5.74, 6) is -0.209. The Morgan fingerprint density at radius 2 is 1.81 bits per heavy atom. The van der Waals surface area contributed by atoms with Gasteiger partial charge in [-0.15, -0.1) is 0 Å². The van der Waals surface area contributed by atoms with Gasteiger partial charge in [0.25, 0.3) is 0 Å². The van der Waals surface area contributed by atoms with E-state index in [0.717, 1.165) is 16.8 Å². The van der Waals surface area contributed by atoms with Crippen LogP contribution >= 0.6 is 0 Å². The number of benzene rings is 2. The van der Waals surface area contributed by atoms with Crippen molar-refractivity contribution in [2.75, 3.05) is 6.61 Å². The Labute approximate surface area is 152 Å². The molecule has 2 aromatic carbocycles. The molecule has 5 nitrogen and oxygen atoms in total. The van der Waals surface area contributed by atoms with Crippen LogP contribution in [0.5, 0.6) is 0 Å². The molecule has 0 radical (unpaired) electrons. The Balaban J connectivity index is 1.64. The normalized spacial score (nSPS) is 12.2. The van der Waals surface area contributed by atoms with Crippen LogP contribution in [0.1, 0.15) is 23.6 Å². The second kappa shape index (κ2) is 8.78. The van der Waals surface area contributed by atoms with E-state index in [1.54, 1.807) is 17.0 Å². The maximum absolute atomic E-state index is 12.2. The average Bonchev–Trinajstić information content (AvgIpc) is 3.17. The monoisotopic (exact) mass is 347 g/mol.